The van der Waals surface area contributed by atoms with Crippen molar-refractivity contribution in [1.29, 1.82) is 0 Å². The topological polar surface area (TPSA) is 12.5 Å². The van der Waals surface area contributed by atoms with E-state index >= 15 is 0 Å². The van der Waals surface area contributed by atoms with Gasteiger partial charge in [0.25, 0.3) is 0 Å². The van der Waals surface area contributed by atoms with Gasteiger partial charge in [-0.25, -0.2) is 4.39 Å². The van der Waals surface area contributed by atoms with Crippen molar-refractivity contribution in [3.8, 4) is 0 Å². The molecule has 2 heteroatoms. The molecule has 1 saturated heterocycles. The molecule has 1 unspecified atom stereocenters. The Morgan fingerprint density at radius 2 is 2.33 bits per heavy atom. The third-order valence-corrected chi connectivity index (χ3v) is 2.19. The van der Waals surface area contributed by atoms with Crippen LogP contribution < -0.4 is 0 Å². The number of halogens is 1. The third kappa shape index (κ3) is 1.48. The molecule has 1 aliphatic heterocycles. The van der Waals surface area contributed by atoms with Crippen molar-refractivity contribution < 1.29 is 9.13 Å². The molecule has 1 aromatic carbocycles. The second kappa shape index (κ2) is 2.87. The van der Waals surface area contributed by atoms with Crippen LogP contribution in [-0.2, 0) is 11.2 Å². The Balaban J connectivity index is 2.26. The van der Waals surface area contributed by atoms with Crippen molar-refractivity contribution in [3.63, 3.8) is 0 Å². The lowest BCUT2D eigenvalue weighted by atomic mass is 10.0. The highest BCUT2D eigenvalue weighted by Crippen LogP contribution is 2.20. The monoisotopic (exact) mass is 166 g/mol. The van der Waals surface area contributed by atoms with Gasteiger partial charge >= 0.3 is 0 Å². The van der Waals surface area contributed by atoms with E-state index in [4.69, 9.17) is 4.74 Å². The number of aryl methyl sites for hydroxylation is 1. The normalized spacial score (nSPS) is 21.0. The predicted molar refractivity (Wildman–Crippen MR) is 44.6 cm³/mol. The first-order chi connectivity index (χ1) is 5.77. The molecule has 0 aromatic heterocycles. The largest absolute Gasteiger partial charge is 0.373 e. The predicted octanol–water partition coefficient (Wildman–Crippen LogP) is 2.08. The maximum atomic E-state index is 13.2. The van der Waals surface area contributed by atoms with E-state index in [0.29, 0.717) is 0 Å². The Kier molecular flexibility index (Phi) is 1.85. The summed E-state index contributed by atoms with van der Waals surface area (Å²) in [5.41, 5.74) is 1.82. The van der Waals surface area contributed by atoms with E-state index in [-0.39, 0.29) is 11.9 Å². The van der Waals surface area contributed by atoms with Crippen molar-refractivity contribution >= 4 is 0 Å². The van der Waals surface area contributed by atoms with Crippen molar-refractivity contribution in [2.45, 2.75) is 19.4 Å². The zero-order valence-electron chi connectivity index (χ0n) is 7.01. The van der Waals surface area contributed by atoms with Crippen molar-refractivity contribution in [1.82, 2.24) is 0 Å². The van der Waals surface area contributed by atoms with Crippen LogP contribution >= 0.6 is 0 Å². The average Bonchev–Trinajstić information content (AvgIpc) is 2.80. The fourth-order valence-corrected chi connectivity index (χ4v) is 1.34. The van der Waals surface area contributed by atoms with Gasteiger partial charge in [0, 0.05) is 6.42 Å². The molecule has 2 rings (SSSR count). The Labute approximate surface area is 71.2 Å². The van der Waals surface area contributed by atoms with Gasteiger partial charge in [0.05, 0.1) is 12.7 Å². The maximum absolute atomic E-state index is 13.2. The molecule has 1 atom stereocenters. The minimum Gasteiger partial charge on any atom is -0.373 e. The Morgan fingerprint density at radius 1 is 1.58 bits per heavy atom. The quantitative estimate of drug-likeness (QED) is 0.613. The SMILES string of the molecule is Cc1cccc(F)c1CC1CO1. The molecular weight excluding hydrogens is 155 g/mol. The zero-order chi connectivity index (χ0) is 8.55. The summed E-state index contributed by atoms with van der Waals surface area (Å²) in [4.78, 5) is 0. The molecule has 0 N–H and O–H groups in total. The fourth-order valence-electron chi connectivity index (χ4n) is 1.34. The number of rotatable bonds is 2. The maximum Gasteiger partial charge on any atom is 0.126 e. The summed E-state index contributed by atoms with van der Waals surface area (Å²) in [6.07, 6.45) is 0.985. The lowest BCUT2D eigenvalue weighted by Gasteiger charge is -2.03. The molecular formula is C10H11FO. The van der Waals surface area contributed by atoms with E-state index in [0.717, 1.165) is 24.2 Å². The molecule has 12 heavy (non-hydrogen) atoms. The molecule has 64 valence electrons. The van der Waals surface area contributed by atoms with E-state index < -0.39 is 0 Å². The average molecular weight is 166 g/mol. The summed E-state index contributed by atoms with van der Waals surface area (Å²) in [7, 11) is 0. The van der Waals surface area contributed by atoms with Crippen LogP contribution in [0.4, 0.5) is 4.39 Å². The molecule has 1 aromatic rings. The summed E-state index contributed by atoms with van der Waals surface area (Å²) in [6, 6.07) is 5.17. The summed E-state index contributed by atoms with van der Waals surface area (Å²) in [5.74, 6) is -0.106. The highest BCUT2D eigenvalue weighted by molar-refractivity contribution is 5.28. The molecule has 0 spiro atoms. The van der Waals surface area contributed by atoms with Gasteiger partial charge in [-0.3, -0.25) is 0 Å². The standard InChI is InChI=1S/C10H11FO/c1-7-3-2-4-10(11)9(7)5-8-6-12-8/h2-4,8H,5-6H2,1H3. The summed E-state index contributed by atoms with van der Waals surface area (Å²) < 4.78 is 18.2. The van der Waals surface area contributed by atoms with Crippen molar-refractivity contribution in [2.75, 3.05) is 6.61 Å². The van der Waals surface area contributed by atoms with E-state index in [1.54, 1.807) is 6.07 Å². The number of epoxide rings is 1. The van der Waals surface area contributed by atoms with Gasteiger partial charge in [0.2, 0.25) is 0 Å². The summed E-state index contributed by atoms with van der Waals surface area (Å²) in [5, 5.41) is 0. The smallest absolute Gasteiger partial charge is 0.126 e. The van der Waals surface area contributed by atoms with Gasteiger partial charge in [-0.2, -0.15) is 0 Å². The van der Waals surface area contributed by atoms with Gasteiger partial charge in [0.1, 0.15) is 5.82 Å². The minimum atomic E-state index is -0.106. The van der Waals surface area contributed by atoms with Crippen molar-refractivity contribution in [2.24, 2.45) is 0 Å². The van der Waals surface area contributed by atoms with Gasteiger partial charge in [-0.15, -0.1) is 0 Å². The van der Waals surface area contributed by atoms with Crippen LogP contribution in [0.2, 0.25) is 0 Å². The number of ether oxygens (including phenoxy) is 1. The molecule has 1 aliphatic rings. The Morgan fingerprint density at radius 3 is 2.92 bits per heavy atom. The van der Waals surface area contributed by atoms with E-state index in [1.807, 2.05) is 13.0 Å². The first kappa shape index (κ1) is 7.74. The van der Waals surface area contributed by atoms with E-state index in [2.05, 4.69) is 0 Å². The van der Waals surface area contributed by atoms with Gasteiger partial charge < -0.3 is 4.74 Å². The molecule has 1 fully saturated rings. The Hall–Kier alpha value is -0.890. The molecule has 0 aliphatic carbocycles. The van der Waals surface area contributed by atoms with E-state index in [9.17, 15) is 4.39 Å². The van der Waals surface area contributed by atoms with Crippen LogP contribution in [-0.4, -0.2) is 12.7 Å². The van der Waals surface area contributed by atoms with Gasteiger partial charge in [0.15, 0.2) is 0 Å². The molecule has 1 nitrogen and oxygen atoms in total. The van der Waals surface area contributed by atoms with Crippen molar-refractivity contribution in [3.05, 3.63) is 35.1 Å². The van der Waals surface area contributed by atoms with Gasteiger partial charge in [-0.05, 0) is 24.1 Å². The number of hydrogen-bond acceptors (Lipinski definition) is 1. The molecule has 1 heterocycles. The van der Waals surface area contributed by atoms with Crippen LogP contribution in [0.15, 0.2) is 18.2 Å². The molecule has 0 bridgehead atoms. The lowest BCUT2D eigenvalue weighted by Crippen LogP contribution is -1.99. The Bertz CT molecular complexity index is 272. The number of benzene rings is 1. The second-order valence-electron chi connectivity index (χ2n) is 3.19. The van der Waals surface area contributed by atoms with Crippen LogP contribution in [0.25, 0.3) is 0 Å². The van der Waals surface area contributed by atoms with Crippen LogP contribution in [0.3, 0.4) is 0 Å². The minimum absolute atomic E-state index is 0.106. The summed E-state index contributed by atoms with van der Waals surface area (Å²) >= 11 is 0. The second-order valence-corrected chi connectivity index (χ2v) is 3.19. The fraction of sp³-hybridized carbons (Fsp3) is 0.400. The first-order valence-corrected chi connectivity index (χ1v) is 4.13. The molecule has 0 radical (unpaired) electrons. The zero-order valence-corrected chi connectivity index (χ0v) is 7.01. The molecule has 0 saturated carbocycles. The summed E-state index contributed by atoms with van der Waals surface area (Å²) in [6.45, 7) is 2.72. The first-order valence-electron chi connectivity index (χ1n) is 4.13. The third-order valence-electron chi connectivity index (χ3n) is 2.19. The van der Waals surface area contributed by atoms with E-state index in [1.165, 1.54) is 6.07 Å². The number of hydrogen-bond donors (Lipinski definition) is 0. The lowest BCUT2D eigenvalue weighted by molar-refractivity contribution is 0.404. The molecule has 0 amide bonds. The van der Waals surface area contributed by atoms with Crippen LogP contribution in [0.5, 0.6) is 0 Å². The highest BCUT2D eigenvalue weighted by Gasteiger charge is 2.24. The van der Waals surface area contributed by atoms with Crippen LogP contribution in [0, 0.1) is 12.7 Å². The van der Waals surface area contributed by atoms with Crippen LogP contribution in [0.1, 0.15) is 11.1 Å². The highest BCUT2D eigenvalue weighted by atomic mass is 19.1. The van der Waals surface area contributed by atoms with Gasteiger partial charge in [-0.1, -0.05) is 12.1 Å².